The summed E-state index contributed by atoms with van der Waals surface area (Å²) in [6, 6.07) is 4.99. The SMILES string of the molecule is Cc1cccc(N)c1S(=O)(=O)N1CC(C)(O)C1. The molecule has 1 aliphatic heterocycles. The van der Waals surface area contributed by atoms with Gasteiger partial charge in [-0.25, -0.2) is 8.42 Å². The van der Waals surface area contributed by atoms with E-state index in [2.05, 4.69) is 0 Å². The number of rotatable bonds is 2. The van der Waals surface area contributed by atoms with Gasteiger partial charge in [0.1, 0.15) is 4.90 Å². The van der Waals surface area contributed by atoms with Crippen LogP contribution in [-0.2, 0) is 10.0 Å². The van der Waals surface area contributed by atoms with Crippen LogP contribution in [0, 0.1) is 6.92 Å². The number of anilines is 1. The van der Waals surface area contributed by atoms with Crippen molar-refractivity contribution in [3.63, 3.8) is 0 Å². The van der Waals surface area contributed by atoms with Gasteiger partial charge in [0.2, 0.25) is 10.0 Å². The highest BCUT2D eigenvalue weighted by molar-refractivity contribution is 7.89. The summed E-state index contributed by atoms with van der Waals surface area (Å²) in [5.41, 5.74) is 5.67. The van der Waals surface area contributed by atoms with Crippen LogP contribution in [0.2, 0.25) is 0 Å². The van der Waals surface area contributed by atoms with Crippen molar-refractivity contribution in [3.8, 4) is 0 Å². The van der Waals surface area contributed by atoms with Gasteiger partial charge in [-0.15, -0.1) is 0 Å². The summed E-state index contributed by atoms with van der Waals surface area (Å²) in [4.78, 5) is 0.149. The normalized spacial score (nSPS) is 19.9. The zero-order valence-electron chi connectivity index (χ0n) is 9.84. The maximum absolute atomic E-state index is 12.3. The van der Waals surface area contributed by atoms with Gasteiger partial charge < -0.3 is 10.8 Å². The minimum Gasteiger partial charge on any atom is -0.398 e. The molecule has 0 aromatic heterocycles. The Bertz CT molecular complexity index is 524. The fraction of sp³-hybridized carbons (Fsp3) is 0.455. The van der Waals surface area contributed by atoms with E-state index in [1.807, 2.05) is 0 Å². The highest BCUT2D eigenvalue weighted by Crippen LogP contribution is 2.31. The van der Waals surface area contributed by atoms with E-state index in [4.69, 9.17) is 5.73 Å². The molecule has 3 N–H and O–H groups in total. The monoisotopic (exact) mass is 256 g/mol. The van der Waals surface area contributed by atoms with Crippen molar-refractivity contribution in [2.75, 3.05) is 18.8 Å². The van der Waals surface area contributed by atoms with Crippen molar-refractivity contribution in [1.29, 1.82) is 0 Å². The summed E-state index contributed by atoms with van der Waals surface area (Å²) in [5.74, 6) is 0. The second-order valence-corrected chi connectivity index (χ2v) is 6.64. The van der Waals surface area contributed by atoms with Crippen LogP contribution in [0.25, 0.3) is 0 Å². The predicted molar refractivity (Wildman–Crippen MR) is 65.0 cm³/mol. The average Bonchev–Trinajstić information content (AvgIpc) is 2.13. The summed E-state index contributed by atoms with van der Waals surface area (Å²) < 4.78 is 25.8. The minimum absolute atomic E-state index is 0.114. The topological polar surface area (TPSA) is 83.6 Å². The van der Waals surface area contributed by atoms with Gasteiger partial charge in [-0.2, -0.15) is 4.31 Å². The van der Waals surface area contributed by atoms with Crippen molar-refractivity contribution in [2.45, 2.75) is 24.3 Å². The number of benzene rings is 1. The number of aryl methyl sites for hydroxylation is 1. The van der Waals surface area contributed by atoms with E-state index in [0.29, 0.717) is 5.56 Å². The van der Waals surface area contributed by atoms with Gasteiger partial charge in [-0.3, -0.25) is 0 Å². The Hall–Kier alpha value is -1.11. The molecule has 1 aliphatic rings. The number of nitrogen functional groups attached to an aromatic ring is 1. The van der Waals surface area contributed by atoms with Crippen molar-refractivity contribution in [3.05, 3.63) is 23.8 Å². The highest BCUT2D eigenvalue weighted by Gasteiger charge is 2.44. The van der Waals surface area contributed by atoms with Crippen LogP contribution in [0.1, 0.15) is 12.5 Å². The molecule has 94 valence electrons. The smallest absolute Gasteiger partial charge is 0.245 e. The molecule has 17 heavy (non-hydrogen) atoms. The lowest BCUT2D eigenvalue weighted by Crippen LogP contribution is -2.61. The molecule has 0 saturated carbocycles. The van der Waals surface area contributed by atoms with Gasteiger partial charge >= 0.3 is 0 Å². The molecule has 1 heterocycles. The molecular weight excluding hydrogens is 240 g/mol. The first-order valence-electron chi connectivity index (χ1n) is 5.32. The quantitative estimate of drug-likeness (QED) is 0.747. The molecule has 0 bridgehead atoms. The molecular formula is C11H16N2O3S. The Labute approximate surface area is 101 Å². The van der Waals surface area contributed by atoms with E-state index < -0.39 is 15.6 Å². The van der Waals surface area contributed by atoms with Crippen molar-refractivity contribution >= 4 is 15.7 Å². The van der Waals surface area contributed by atoms with Gasteiger partial charge in [-0.1, -0.05) is 12.1 Å². The fourth-order valence-electron chi connectivity index (χ4n) is 2.04. The van der Waals surface area contributed by atoms with E-state index >= 15 is 0 Å². The number of hydrogen-bond acceptors (Lipinski definition) is 4. The standard InChI is InChI=1S/C11H16N2O3S/c1-8-4-3-5-9(12)10(8)17(15,16)13-6-11(2,14)7-13/h3-5,14H,6-7,12H2,1-2H3. The van der Waals surface area contributed by atoms with Crippen molar-refractivity contribution in [1.82, 2.24) is 4.31 Å². The number of nitrogens with two attached hydrogens (primary N) is 1. The van der Waals surface area contributed by atoms with E-state index in [-0.39, 0.29) is 23.7 Å². The molecule has 0 atom stereocenters. The molecule has 0 radical (unpaired) electrons. The van der Waals surface area contributed by atoms with E-state index in [1.54, 1.807) is 32.0 Å². The molecule has 1 aromatic carbocycles. The van der Waals surface area contributed by atoms with E-state index in [0.717, 1.165) is 0 Å². The number of nitrogens with zero attached hydrogens (tertiary/aromatic N) is 1. The van der Waals surface area contributed by atoms with Crippen molar-refractivity contribution < 1.29 is 13.5 Å². The molecule has 1 aromatic rings. The molecule has 0 spiro atoms. The third-order valence-electron chi connectivity index (χ3n) is 2.87. The van der Waals surface area contributed by atoms with Crippen molar-refractivity contribution in [2.24, 2.45) is 0 Å². The first kappa shape index (κ1) is 12.3. The molecule has 2 rings (SSSR count). The van der Waals surface area contributed by atoms with Gasteiger partial charge in [0.25, 0.3) is 0 Å². The fourth-order valence-corrected chi connectivity index (χ4v) is 4.04. The zero-order chi connectivity index (χ0) is 12.8. The third-order valence-corrected chi connectivity index (χ3v) is 4.89. The highest BCUT2D eigenvalue weighted by atomic mass is 32.2. The minimum atomic E-state index is -3.59. The predicted octanol–water partition coefficient (Wildman–Crippen LogP) is 0.333. The maximum Gasteiger partial charge on any atom is 0.245 e. The number of aliphatic hydroxyl groups is 1. The molecule has 6 heteroatoms. The lowest BCUT2D eigenvalue weighted by Gasteiger charge is -2.43. The molecule has 1 fully saturated rings. The van der Waals surface area contributed by atoms with E-state index in [9.17, 15) is 13.5 Å². The summed E-state index contributed by atoms with van der Waals surface area (Å²) in [6.07, 6.45) is 0. The largest absolute Gasteiger partial charge is 0.398 e. The number of sulfonamides is 1. The van der Waals surface area contributed by atoms with Crippen LogP contribution in [0.3, 0.4) is 0 Å². The Morgan fingerprint density at radius 3 is 2.47 bits per heavy atom. The van der Waals surface area contributed by atoms with Crippen LogP contribution < -0.4 is 5.73 Å². The van der Waals surface area contributed by atoms with Crippen LogP contribution in [0.4, 0.5) is 5.69 Å². The third kappa shape index (κ3) is 2.03. The van der Waals surface area contributed by atoms with Gasteiger partial charge in [0.15, 0.2) is 0 Å². The van der Waals surface area contributed by atoms with Gasteiger partial charge in [0.05, 0.1) is 11.3 Å². The Morgan fingerprint density at radius 1 is 1.41 bits per heavy atom. The average molecular weight is 256 g/mol. The second-order valence-electron chi connectivity index (χ2n) is 4.76. The van der Waals surface area contributed by atoms with Gasteiger partial charge in [0, 0.05) is 13.1 Å². The maximum atomic E-state index is 12.3. The van der Waals surface area contributed by atoms with Gasteiger partial charge in [-0.05, 0) is 25.5 Å². The second kappa shape index (κ2) is 3.69. The molecule has 0 aliphatic carbocycles. The molecule has 0 amide bonds. The number of β-amino-alcohol motifs (C(OH)–C–C–N with tert-alkyl or cyclic N) is 1. The Balaban J connectivity index is 2.40. The lowest BCUT2D eigenvalue weighted by atomic mass is 10.0. The number of hydrogen-bond donors (Lipinski definition) is 2. The van der Waals surface area contributed by atoms with Crippen LogP contribution >= 0.6 is 0 Å². The van der Waals surface area contributed by atoms with Crippen LogP contribution in [0.15, 0.2) is 23.1 Å². The Kier molecular flexibility index (Phi) is 2.68. The Morgan fingerprint density at radius 2 is 2.00 bits per heavy atom. The summed E-state index contributed by atoms with van der Waals surface area (Å²) in [7, 11) is -3.59. The first-order valence-corrected chi connectivity index (χ1v) is 6.76. The first-order chi connectivity index (χ1) is 7.74. The summed E-state index contributed by atoms with van der Waals surface area (Å²) >= 11 is 0. The summed E-state index contributed by atoms with van der Waals surface area (Å²) in [5, 5.41) is 9.60. The van der Waals surface area contributed by atoms with Crippen LogP contribution in [0.5, 0.6) is 0 Å². The lowest BCUT2D eigenvalue weighted by molar-refractivity contribution is -0.0426. The molecule has 5 nitrogen and oxygen atoms in total. The summed E-state index contributed by atoms with van der Waals surface area (Å²) in [6.45, 7) is 3.55. The van der Waals surface area contributed by atoms with Crippen LogP contribution in [-0.4, -0.2) is 36.5 Å². The molecule has 0 unspecified atom stereocenters. The zero-order valence-corrected chi connectivity index (χ0v) is 10.7. The van der Waals surface area contributed by atoms with E-state index in [1.165, 1.54) is 4.31 Å². The molecule has 1 saturated heterocycles.